The quantitative estimate of drug-likeness (QED) is 0.328. The Morgan fingerprint density at radius 2 is 1.08 bits per heavy atom. The number of amides is 2. The minimum Gasteiger partial charge on any atom is -0.457 e. The molecule has 0 aliphatic rings. The van der Waals surface area contributed by atoms with Crippen LogP contribution in [0.25, 0.3) is 0 Å². The highest BCUT2D eigenvalue weighted by atomic mass is 16.5. The first-order valence-corrected chi connectivity index (χ1v) is 7.95. The Morgan fingerprint density at radius 1 is 0.720 bits per heavy atom. The number of hydrogen-bond donors (Lipinski definition) is 4. The summed E-state index contributed by atoms with van der Waals surface area (Å²) in [5, 5.41) is 0. The van der Waals surface area contributed by atoms with E-state index in [1.165, 1.54) is 0 Å². The van der Waals surface area contributed by atoms with E-state index < -0.39 is 0 Å². The smallest absolute Gasteiger partial charge is 0.234 e. The Labute approximate surface area is 146 Å². The van der Waals surface area contributed by atoms with Crippen molar-refractivity contribution in [2.45, 2.75) is 25.7 Å². The lowest BCUT2D eigenvalue weighted by Crippen LogP contribution is -2.30. The molecule has 0 unspecified atom stereocenters. The summed E-state index contributed by atoms with van der Waals surface area (Å²) in [6, 6.07) is 15.1. The monoisotopic (exact) mass is 342 g/mol. The molecule has 0 saturated carbocycles. The van der Waals surface area contributed by atoms with Crippen LogP contribution in [0.4, 0.5) is 0 Å². The molecule has 2 aromatic carbocycles. The molecule has 7 heteroatoms. The molecule has 2 amide bonds. The molecular weight excluding hydrogens is 320 g/mol. The Hall–Kier alpha value is -2.90. The van der Waals surface area contributed by atoms with Gasteiger partial charge in [-0.05, 0) is 48.2 Å². The van der Waals surface area contributed by atoms with Gasteiger partial charge in [-0.3, -0.25) is 20.4 Å². The fourth-order valence-corrected chi connectivity index (χ4v) is 2.24. The van der Waals surface area contributed by atoms with Crippen LogP contribution in [0, 0.1) is 0 Å². The van der Waals surface area contributed by atoms with Crippen LogP contribution in [-0.4, -0.2) is 11.8 Å². The summed E-state index contributed by atoms with van der Waals surface area (Å²) >= 11 is 0. The molecule has 0 saturated heterocycles. The van der Waals surface area contributed by atoms with Crippen molar-refractivity contribution in [3.05, 3.63) is 59.7 Å². The summed E-state index contributed by atoms with van der Waals surface area (Å²) in [6.07, 6.45) is 1.93. The van der Waals surface area contributed by atoms with Gasteiger partial charge in [0.05, 0.1) is 0 Å². The zero-order chi connectivity index (χ0) is 18.1. The van der Waals surface area contributed by atoms with Gasteiger partial charge >= 0.3 is 0 Å². The van der Waals surface area contributed by atoms with E-state index in [1.807, 2.05) is 48.5 Å². The number of nitrogens with one attached hydrogen (secondary N) is 2. The number of carbonyl (C=O) groups excluding carboxylic acids is 2. The number of ether oxygens (including phenoxy) is 1. The van der Waals surface area contributed by atoms with Crippen LogP contribution in [0.1, 0.15) is 24.0 Å². The minimum absolute atomic E-state index is 0.190. The largest absolute Gasteiger partial charge is 0.457 e. The van der Waals surface area contributed by atoms with Gasteiger partial charge in [0.2, 0.25) is 11.8 Å². The molecule has 132 valence electrons. The first kappa shape index (κ1) is 18.4. The second-order valence-electron chi connectivity index (χ2n) is 5.52. The molecule has 7 nitrogen and oxygen atoms in total. The predicted molar refractivity (Wildman–Crippen MR) is 94.3 cm³/mol. The first-order chi connectivity index (χ1) is 12.1. The van der Waals surface area contributed by atoms with Gasteiger partial charge < -0.3 is 4.74 Å². The fourth-order valence-electron chi connectivity index (χ4n) is 2.24. The van der Waals surface area contributed by atoms with E-state index in [2.05, 4.69) is 10.9 Å². The lowest BCUT2D eigenvalue weighted by atomic mass is 10.1. The predicted octanol–water partition coefficient (Wildman–Crippen LogP) is 1.32. The van der Waals surface area contributed by atoms with E-state index >= 15 is 0 Å². The highest BCUT2D eigenvalue weighted by Gasteiger charge is 2.03. The van der Waals surface area contributed by atoms with Crippen LogP contribution in [0.15, 0.2) is 48.5 Å². The summed E-state index contributed by atoms with van der Waals surface area (Å²) < 4.78 is 5.78. The number of hydrazine groups is 2. The van der Waals surface area contributed by atoms with Crippen molar-refractivity contribution in [2.75, 3.05) is 0 Å². The van der Waals surface area contributed by atoms with Crippen molar-refractivity contribution >= 4 is 11.8 Å². The van der Waals surface area contributed by atoms with Crippen molar-refractivity contribution in [1.82, 2.24) is 10.9 Å². The number of aryl methyl sites for hydroxylation is 2. The highest BCUT2D eigenvalue weighted by molar-refractivity contribution is 5.75. The van der Waals surface area contributed by atoms with Crippen LogP contribution in [0.3, 0.4) is 0 Å². The fraction of sp³-hybridized carbons (Fsp3) is 0.222. The van der Waals surface area contributed by atoms with Crippen molar-refractivity contribution < 1.29 is 14.3 Å². The van der Waals surface area contributed by atoms with Crippen molar-refractivity contribution in [3.8, 4) is 11.5 Å². The van der Waals surface area contributed by atoms with E-state index in [0.29, 0.717) is 37.2 Å². The molecule has 25 heavy (non-hydrogen) atoms. The Balaban J connectivity index is 1.87. The van der Waals surface area contributed by atoms with Crippen LogP contribution in [-0.2, 0) is 22.4 Å². The van der Waals surface area contributed by atoms with Crippen LogP contribution in [0.2, 0.25) is 0 Å². The number of nitrogens with two attached hydrogens (primary N) is 2. The maximum Gasteiger partial charge on any atom is 0.234 e. The third-order valence-corrected chi connectivity index (χ3v) is 3.69. The molecule has 0 aliphatic heterocycles. The second kappa shape index (κ2) is 9.41. The van der Waals surface area contributed by atoms with Gasteiger partial charge in [0.15, 0.2) is 0 Å². The van der Waals surface area contributed by atoms with Crippen molar-refractivity contribution in [2.24, 2.45) is 11.7 Å². The van der Waals surface area contributed by atoms with E-state index in [9.17, 15) is 9.59 Å². The molecule has 0 heterocycles. The first-order valence-electron chi connectivity index (χ1n) is 7.95. The Kier molecular flexibility index (Phi) is 6.94. The van der Waals surface area contributed by atoms with E-state index in [1.54, 1.807) is 0 Å². The number of rotatable bonds is 8. The van der Waals surface area contributed by atoms with Crippen molar-refractivity contribution in [1.29, 1.82) is 0 Å². The molecule has 0 aromatic heterocycles. The molecule has 0 radical (unpaired) electrons. The average molecular weight is 342 g/mol. The number of hydrogen-bond acceptors (Lipinski definition) is 5. The molecule has 6 N–H and O–H groups in total. The maximum atomic E-state index is 11.1. The van der Waals surface area contributed by atoms with Gasteiger partial charge in [-0.2, -0.15) is 0 Å². The summed E-state index contributed by atoms with van der Waals surface area (Å²) in [5.41, 5.74) is 6.28. The van der Waals surface area contributed by atoms with Gasteiger partial charge in [-0.1, -0.05) is 24.3 Å². The van der Waals surface area contributed by atoms with E-state index in [-0.39, 0.29) is 11.8 Å². The molecule has 2 aromatic rings. The zero-order valence-electron chi connectivity index (χ0n) is 13.8. The van der Waals surface area contributed by atoms with Crippen LogP contribution >= 0.6 is 0 Å². The molecule has 0 atom stereocenters. The number of benzene rings is 2. The third-order valence-electron chi connectivity index (χ3n) is 3.69. The van der Waals surface area contributed by atoms with E-state index in [0.717, 1.165) is 11.1 Å². The van der Waals surface area contributed by atoms with Crippen LogP contribution in [0.5, 0.6) is 11.5 Å². The van der Waals surface area contributed by atoms with Gasteiger partial charge in [0.1, 0.15) is 11.5 Å². The molecule has 0 fully saturated rings. The lowest BCUT2D eigenvalue weighted by Gasteiger charge is -2.08. The Bertz CT molecular complexity index is 638. The molecule has 0 aliphatic carbocycles. The summed E-state index contributed by atoms with van der Waals surface area (Å²) in [4.78, 5) is 22.3. The third kappa shape index (κ3) is 6.25. The second-order valence-corrected chi connectivity index (χ2v) is 5.52. The van der Waals surface area contributed by atoms with Gasteiger partial charge in [0, 0.05) is 12.8 Å². The molecule has 0 spiro atoms. The average Bonchev–Trinajstić information content (AvgIpc) is 2.66. The standard InChI is InChI=1S/C18H22N4O3/c19-21-17(23)11-5-13-1-7-15(8-2-13)25-16-9-3-14(4-10-16)6-12-18(24)22-20/h1-4,7-10H,5-6,11-12,19-20H2,(H,21,23)(H,22,24). The molecule has 2 rings (SSSR count). The molecule has 0 bridgehead atoms. The van der Waals surface area contributed by atoms with Crippen molar-refractivity contribution in [3.63, 3.8) is 0 Å². The number of carbonyl (C=O) groups is 2. The SMILES string of the molecule is NNC(=O)CCc1ccc(Oc2ccc(CCC(=O)NN)cc2)cc1. The maximum absolute atomic E-state index is 11.1. The van der Waals surface area contributed by atoms with E-state index in [4.69, 9.17) is 16.4 Å². The van der Waals surface area contributed by atoms with Gasteiger partial charge in [0.25, 0.3) is 0 Å². The normalized spacial score (nSPS) is 10.2. The zero-order valence-corrected chi connectivity index (χ0v) is 13.8. The summed E-state index contributed by atoms with van der Waals surface area (Å²) in [6.45, 7) is 0. The van der Waals surface area contributed by atoms with Gasteiger partial charge in [-0.25, -0.2) is 11.7 Å². The topological polar surface area (TPSA) is 119 Å². The van der Waals surface area contributed by atoms with Gasteiger partial charge in [-0.15, -0.1) is 0 Å². The molecular formula is C18H22N4O3. The van der Waals surface area contributed by atoms with Crippen LogP contribution < -0.4 is 27.3 Å². The minimum atomic E-state index is -0.190. The summed E-state index contributed by atoms with van der Waals surface area (Å²) in [7, 11) is 0. The Morgan fingerprint density at radius 3 is 1.40 bits per heavy atom. The lowest BCUT2D eigenvalue weighted by molar-refractivity contribution is -0.121. The highest BCUT2D eigenvalue weighted by Crippen LogP contribution is 2.22. The summed E-state index contributed by atoms with van der Waals surface area (Å²) in [5.74, 6) is 11.1.